The number of hydrogen-bond acceptors (Lipinski definition) is 4. The Bertz CT molecular complexity index is 233. The number of hydrogen-bond donors (Lipinski definition) is 1. The number of carbonyl (C=O) groups excluding carboxylic acids is 1. The average molecular weight is 194 g/mol. The van der Waals surface area contributed by atoms with E-state index in [4.69, 9.17) is 16.3 Å². The molecule has 0 saturated carbocycles. The van der Waals surface area contributed by atoms with Crippen LogP contribution in [-0.4, -0.2) is 30.4 Å². The van der Waals surface area contributed by atoms with E-state index in [1.807, 2.05) is 12.1 Å². The molecule has 0 aliphatic heterocycles. The molecule has 0 aliphatic carbocycles. The summed E-state index contributed by atoms with van der Waals surface area (Å²) in [6.07, 6.45) is 0.861. The van der Waals surface area contributed by atoms with Gasteiger partial charge in [-0.15, -0.1) is 0 Å². The average Bonchev–Trinajstić information content (AvgIpc) is 2.18. The molecule has 0 aromatic heterocycles. The second kappa shape index (κ2) is 8.03. The summed E-state index contributed by atoms with van der Waals surface area (Å²) in [7, 11) is 0. The van der Waals surface area contributed by atoms with Crippen LogP contribution in [0.4, 0.5) is 0 Å². The summed E-state index contributed by atoms with van der Waals surface area (Å²) in [6, 6.07) is 3.93. The van der Waals surface area contributed by atoms with Crippen molar-refractivity contribution in [3.05, 3.63) is 0 Å². The summed E-state index contributed by atoms with van der Waals surface area (Å²) in [4.78, 5) is 12.9. The second-order valence-electron chi connectivity index (χ2n) is 2.74. The van der Waals surface area contributed by atoms with Crippen LogP contribution in [0.15, 0.2) is 0 Å². The Kier molecular flexibility index (Phi) is 7.12. The van der Waals surface area contributed by atoms with Crippen LogP contribution >= 0.6 is 0 Å². The SMILES string of the molecule is N#CCCN(CCC#N)C(=O)CCN. The maximum absolute atomic E-state index is 11.4. The van der Waals surface area contributed by atoms with E-state index in [1.165, 1.54) is 4.90 Å². The van der Waals surface area contributed by atoms with E-state index in [2.05, 4.69) is 0 Å². The topological polar surface area (TPSA) is 93.9 Å². The van der Waals surface area contributed by atoms with Gasteiger partial charge in [0.05, 0.1) is 25.0 Å². The van der Waals surface area contributed by atoms with Crippen molar-refractivity contribution < 1.29 is 4.79 Å². The van der Waals surface area contributed by atoms with Gasteiger partial charge in [-0.05, 0) is 0 Å². The molecular weight excluding hydrogens is 180 g/mol. The van der Waals surface area contributed by atoms with E-state index in [0.29, 0.717) is 32.5 Å². The smallest absolute Gasteiger partial charge is 0.223 e. The molecule has 0 heterocycles. The quantitative estimate of drug-likeness (QED) is 0.643. The zero-order chi connectivity index (χ0) is 10.8. The van der Waals surface area contributed by atoms with Gasteiger partial charge >= 0.3 is 0 Å². The van der Waals surface area contributed by atoms with Gasteiger partial charge in [0, 0.05) is 26.1 Å². The Morgan fingerprint density at radius 3 is 2.07 bits per heavy atom. The zero-order valence-electron chi connectivity index (χ0n) is 8.07. The fourth-order valence-corrected chi connectivity index (χ4v) is 1.01. The van der Waals surface area contributed by atoms with Crippen LogP contribution in [0.5, 0.6) is 0 Å². The van der Waals surface area contributed by atoms with Crippen molar-refractivity contribution in [2.75, 3.05) is 19.6 Å². The Hall–Kier alpha value is -1.59. The van der Waals surface area contributed by atoms with Gasteiger partial charge in [-0.3, -0.25) is 4.79 Å². The van der Waals surface area contributed by atoms with Gasteiger partial charge < -0.3 is 10.6 Å². The minimum atomic E-state index is -0.0852. The summed E-state index contributed by atoms with van der Waals surface area (Å²) < 4.78 is 0. The molecule has 0 unspecified atom stereocenters. The third-order valence-corrected chi connectivity index (χ3v) is 1.70. The lowest BCUT2D eigenvalue weighted by Gasteiger charge is -2.19. The molecule has 2 N–H and O–H groups in total. The van der Waals surface area contributed by atoms with Gasteiger partial charge in [-0.2, -0.15) is 10.5 Å². The number of nitriles is 2. The molecule has 0 aliphatic rings. The van der Waals surface area contributed by atoms with Crippen molar-refractivity contribution in [2.45, 2.75) is 19.3 Å². The second-order valence-corrected chi connectivity index (χ2v) is 2.74. The van der Waals surface area contributed by atoms with Crippen molar-refractivity contribution in [1.82, 2.24) is 4.90 Å². The van der Waals surface area contributed by atoms with Gasteiger partial charge in [0.15, 0.2) is 0 Å². The highest BCUT2D eigenvalue weighted by molar-refractivity contribution is 5.76. The lowest BCUT2D eigenvalue weighted by molar-refractivity contribution is -0.130. The first-order valence-corrected chi connectivity index (χ1v) is 4.48. The van der Waals surface area contributed by atoms with E-state index in [9.17, 15) is 4.79 Å². The van der Waals surface area contributed by atoms with E-state index in [-0.39, 0.29) is 12.3 Å². The van der Waals surface area contributed by atoms with Gasteiger partial charge in [0.1, 0.15) is 0 Å². The Labute approximate surface area is 83.7 Å². The highest BCUT2D eigenvalue weighted by Crippen LogP contribution is 1.97. The van der Waals surface area contributed by atoms with Crippen LogP contribution in [-0.2, 0) is 4.79 Å². The van der Waals surface area contributed by atoms with Crippen molar-refractivity contribution in [1.29, 1.82) is 10.5 Å². The first kappa shape index (κ1) is 12.4. The summed E-state index contributed by atoms with van der Waals surface area (Å²) in [6.45, 7) is 1.07. The van der Waals surface area contributed by atoms with E-state index < -0.39 is 0 Å². The highest BCUT2D eigenvalue weighted by Gasteiger charge is 2.11. The number of rotatable bonds is 6. The van der Waals surface area contributed by atoms with Crippen LogP contribution < -0.4 is 5.73 Å². The first-order chi connectivity index (χ1) is 6.76. The van der Waals surface area contributed by atoms with Crippen molar-refractivity contribution >= 4 is 5.91 Å². The molecule has 1 amide bonds. The Morgan fingerprint density at radius 1 is 1.21 bits per heavy atom. The van der Waals surface area contributed by atoms with E-state index >= 15 is 0 Å². The van der Waals surface area contributed by atoms with E-state index in [0.717, 1.165) is 0 Å². The highest BCUT2D eigenvalue weighted by atomic mass is 16.2. The largest absolute Gasteiger partial charge is 0.341 e. The predicted octanol–water partition coefficient (Wildman–Crippen LogP) is -0.00884. The van der Waals surface area contributed by atoms with Crippen LogP contribution in [0.1, 0.15) is 19.3 Å². The van der Waals surface area contributed by atoms with Crippen LogP contribution in [0.2, 0.25) is 0 Å². The van der Waals surface area contributed by atoms with Gasteiger partial charge in [0.2, 0.25) is 5.91 Å². The molecule has 76 valence electrons. The maximum Gasteiger partial charge on any atom is 0.223 e. The number of carbonyl (C=O) groups is 1. The molecule has 5 heteroatoms. The molecule has 5 nitrogen and oxygen atoms in total. The first-order valence-electron chi connectivity index (χ1n) is 4.48. The number of nitrogens with zero attached hydrogens (tertiary/aromatic N) is 3. The number of amides is 1. The van der Waals surface area contributed by atoms with Crippen LogP contribution in [0.25, 0.3) is 0 Å². The molecule has 0 bridgehead atoms. The summed E-state index contributed by atoms with van der Waals surface area (Å²) in [5, 5.41) is 16.7. The molecule has 0 atom stereocenters. The fourth-order valence-electron chi connectivity index (χ4n) is 1.01. The fraction of sp³-hybridized carbons (Fsp3) is 0.667. The van der Waals surface area contributed by atoms with Crippen LogP contribution in [0.3, 0.4) is 0 Å². The molecule has 0 spiro atoms. The van der Waals surface area contributed by atoms with E-state index in [1.54, 1.807) is 0 Å². The summed E-state index contributed by atoms with van der Waals surface area (Å²) in [5.74, 6) is -0.0852. The van der Waals surface area contributed by atoms with Gasteiger partial charge in [-0.25, -0.2) is 0 Å². The van der Waals surface area contributed by atoms with Gasteiger partial charge in [-0.1, -0.05) is 0 Å². The molecule has 0 fully saturated rings. The minimum absolute atomic E-state index is 0.0852. The zero-order valence-corrected chi connectivity index (χ0v) is 8.07. The molecule has 0 aromatic rings. The Balaban J connectivity index is 4.03. The molecule has 0 rings (SSSR count). The molecular formula is C9H14N4O. The minimum Gasteiger partial charge on any atom is -0.341 e. The molecule has 0 radical (unpaired) electrons. The number of nitrogens with two attached hydrogens (primary N) is 1. The molecule has 0 saturated heterocycles. The lowest BCUT2D eigenvalue weighted by Crippen LogP contribution is -2.33. The summed E-state index contributed by atoms with van der Waals surface area (Å²) in [5.41, 5.74) is 5.25. The lowest BCUT2D eigenvalue weighted by atomic mass is 10.3. The molecule has 0 aromatic carbocycles. The monoisotopic (exact) mass is 194 g/mol. The third-order valence-electron chi connectivity index (χ3n) is 1.70. The maximum atomic E-state index is 11.4. The Morgan fingerprint density at radius 2 is 1.71 bits per heavy atom. The normalized spacial score (nSPS) is 8.79. The van der Waals surface area contributed by atoms with Crippen molar-refractivity contribution in [3.8, 4) is 12.1 Å². The summed E-state index contributed by atoms with van der Waals surface area (Å²) >= 11 is 0. The van der Waals surface area contributed by atoms with Crippen LogP contribution in [0, 0.1) is 22.7 Å². The predicted molar refractivity (Wildman–Crippen MR) is 50.7 cm³/mol. The molecule has 14 heavy (non-hydrogen) atoms. The van der Waals surface area contributed by atoms with Gasteiger partial charge in [0.25, 0.3) is 0 Å². The van der Waals surface area contributed by atoms with Crippen molar-refractivity contribution in [2.24, 2.45) is 5.73 Å². The third kappa shape index (κ3) is 5.13. The standard InChI is InChI=1S/C9H14N4O/c10-4-1-7-13(8-2-5-11)9(14)3-6-12/h1-3,6-8,12H2. The van der Waals surface area contributed by atoms with Crippen molar-refractivity contribution in [3.63, 3.8) is 0 Å².